The largest absolute Gasteiger partial charge is 0.415 e. The fraction of sp³-hybridized carbons (Fsp3) is 0.765. The van der Waals surface area contributed by atoms with Crippen LogP contribution < -0.4 is 10.2 Å². The normalized spacial score (nSPS) is 17.3. The number of aliphatic hydroxyl groups is 1. The molecule has 1 amide bonds. The summed E-state index contributed by atoms with van der Waals surface area (Å²) >= 11 is 1.44. The molecule has 1 atom stereocenters. The number of aromatic nitrogens is 1. The summed E-state index contributed by atoms with van der Waals surface area (Å²) in [4.78, 5) is 18.8. The molecule has 25 heavy (non-hydrogen) atoms. The second-order valence-electron chi connectivity index (χ2n) is 8.22. The predicted molar refractivity (Wildman–Crippen MR) is 105 cm³/mol. The van der Waals surface area contributed by atoms with Crippen molar-refractivity contribution in [1.29, 1.82) is 0 Å². The highest BCUT2D eigenvalue weighted by atomic mass is 32.1. The van der Waals surface area contributed by atoms with Gasteiger partial charge in [0, 0.05) is 18.5 Å². The number of hydrogen-bond donors (Lipinski definition) is 2. The zero-order valence-electron chi connectivity index (χ0n) is 16.1. The number of thiazole rings is 1. The first-order valence-corrected chi connectivity index (χ1v) is 12.7. The van der Waals surface area contributed by atoms with E-state index in [4.69, 9.17) is 4.43 Å². The molecular weight excluding hydrogens is 354 g/mol. The number of anilines is 1. The Morgan fingerprint density at radius 1 is 1.52 bits per heavy atom. The van der Waals surface area contributed by atoms with E-state index in [0.717, 1.165) is 11.6 Å². The zero-order chi connectivity index (χ0) is 18.8. The summed E-state index contributed by atoms with van der Waals surface area (Å²) in [5.41, 5.74) is 0.437. The fourth-order valence-corrected chi connectivity index (χ4v) is 4.05. The number of β-amino-alcohol motifs (C(OH)–C–C–N with tert-alkyl or cyclic N) is 1. The van der Waals surface area contributed by atoms with E-state index in [1.807, 2.05) is 11.8 Å². The lowest BCUT2D eigenvalue weighted by molar-refractivity contribution is 0.0913. The van der Waals surface area contributed by atoms with Gasteiger partial charge in [-0.15, -0.1) is 11.3 Å². The van der Waals surface area contributed by atoms with E-state index in [0.29, 0.717) is 25.4 Å². The summed E-state index contributed by atoms with van der Waals surface area (Å²) < 4.78 is 6.24. The van der Waals surface area contributed by atoms with Crippen molar-refractivity contribution in [3.05, 3.63) is 11.1 Å². The maximum atomic E-state index is 12.5. The molecular formula is C17H31N3O3SSi. The van der Waals surface area contributed by atoms with E-state index in [1.165, 1.54) is 11.3 Å². The van der Waals surface area contributed by atoms with Crippen molar-refractivity contribution in [2.24, 2.45) is 0 Å². The number of carbonyl (C=O) groups is 1. The van der Waals surface area contributed by atoms with E-state index >= 15 is 0 Å². The van der Waals surface area contributed by atoms with Gasteiger partial charge in [-0.05, 0) is 24.6 Å². The van der Waals surface area contributed by atoms with Gasteiger partial charge in [0.1, 0.15) is 5.69 Å². The van der Waals surface area contributed by atoms with Crippen molar-refractivity contribution in [1.82, 2.24) is 10.3 Å². The van der Waals surface area contributed by atoms with Crippen LogP contribution in [0.1, 0.15) is 44.6 Å². The molecule has 1 aliphatic rings. The quantitative estimate of drug-likeness (QED) is 0.706. The van der Waals surface area contributed by atoms with Gasteiger partial charge in [0.15, 0.2) is 13.4 Å². The van der Waals surface area contributed by atoms with Crippen LogP contribution in [-0.4, -0.2) is 56.2 Å². The Morgan fingerprint density at radius 3 is 2.68 bits per heavy atom. The van der Waals surface area contributed by atoms with Gasteiger partial charge < -0.3 is 19.7 Å². The molecule has 1 saturated heterocycles. The van der Waals surface area contributed by atoms with Crippen LogP contribution in [-0.2, 0) is 4.43 Å². The van der Waals surface area contributed by atoms with Crippen LogP contribution in [0, 0.1) is 0 Å². The molecule has 1 unspecified atom stereocenters. The number of hydrogen-bond acceptors (Lipinski definition) is 6. The van der Waals surface area contributed by atoms with E-state index in [-0.39, 0.29) is 23.1 Å². The van der Waals surface area contributed by atoms with Crippen LogP contribution in [0.15, 0.2) is 5.38 Å². The second kappa shape index (κ2) is 7.73. The van der Waals surface area contributed by atoms with Crippen LogP contribution >= 0.6 is 11.3 Å². The number of nitrogens with zero attached hydrogens (tertiary/aromatic N) is 2. The van der Waals surface area contributed by atoms with E-state index in [9.17, 15) is 9.90 Å². The monoisotopic (exact) mass is 385 g/mol. The first-order valence-electron chi connectivity index (χ1n) is 8.87. The van der Waals surface area contributed by atoms with Crippen LogP contribution in [0.4, 0.5) is 5.13 Å². The van der Waals surface area contributed by atoms with Gasteiger partial charge in [0.05, 0.1) is 18.8 Å². The molecule has 0 radical (unpaired) electrons. The number of aliphatic hydroxyl groups excluding tert-OH is 1. The zero-order valence-corrected chi connectivity index (χ0v) is 17.9. The van der Waals surface area contributed by atoms with Crippen LogP contribution in [0.5, 0.6) is 0 Å². The highest BCUT2D eigenvalue weighted by Gasteiger charge is 2.37. The van der Waals surface area contributed by atoms with Crippen LogP contribution in [0.25, 0.3) is 0 Å². The maximum absolute atomic E-state index is 12.5. The summed E-state index contributed by atoms with van der Waals surface area (Å²) in [6, 6.07) is -0.0161. The first-order chi connectivity index (χ1) is 11.5. The third-order valence-corrected chi connectivity index (χ3v) is 10.5. The van der Waals surface area contributed by atoms with Crippen LogP contribution in [0.2, 0.25) is 18.1 Å². The molecule has 0 spiro atoms. The lowest BCUT2D eigenvalue weighted by Crippen LogP contribution is -2.50. The van der Waals surface area contributed by atoms with Crippen molar-refractivity contribution >= 4 is 30.7 Å². The minimum Gasteiger partial charge on any atom is -0.415 e. The average molecular weight is 386 g/mol. The highest BCUT2D eigenvalue weighted by Crippen LogP contribution is 2.36. The Bertz CT molecular complexity index is 594. The van der Waals surface area contributed by atoms with Crippen LogP contribution in [0.3, 0.4) is 0 Å². The summed E-state index contributed by atoms with van der Waals surface area (Å²) in [7, 11) is -1.82. The van der Waals surface area contributed by atoms with E-state index in [1.54, 1.807) is 5.38 Å². The summed E-state index contributed by atoms with van der Waals surface area (Å²) in [5.74, 6) is -0.158. The van der Waals surface area contributed by atoms with Gasteiger partial charge in [0.25, 0.3) is 5.91 Å². The lowest BCUT2D eigenvalue weighted by atomic mass is 10.2. The molecule has 2 N–H and O–H groups in total. The number of nitrogens with one attached hydrogen (secondary N) is 1. The molecule has 6 nitrogen and oxygen atoms in total. The molecule has 8 heteroatoms. The Kier molecular flexibility index (Phi) is 6.29. The molecule has 0 aliphatic carbocycles. The highest BCUT2D eigenvalue weighted by molar-refractivity contribution is 7.14. The second-order valence-corrected chi connectivity index (χ2v) is 13.9. The first kappa shape index (κ1) is 20.4. The van der Waals surface area contributed by atoms with Crippen molar-refractivity contribution < 1.29 is 14.3 Å². The van der Waals surface area contributed by atoms with Crippen molar-refractivity contribution in [2.75, 3.05) is 24.6 Å². The van der Waals surface area contributed by atoms with Gasteiger partial charge in [-0.2, -0.15) is 0 Å². The van der Waals surface area contributed by atoms with Gasteiger partial charge in [-0.3, -0.25) is 4.79 Å². The number of carbonyl (C=O) groups excluding carboxylic acids is 1. The lowest BCUT2D eigenvalue weighted by Gasteiger charge is -2.37. The molecule has 0 aromatic carbocycles. The third kappa shape index (κ3) is 5.03. The molecule has 1 fully saturated rings. The smallest absolute Gasteiger partial charge is 0.271 e. The number of rotatable bonds is 7. The molecule has 2 heterocycles. The van der Waals surface area contributed by atoms with Crippen molar-refractivity contribution in [3.8, 4) is 0 Å². The van der Waals surface area contributed by atoms with Crippen molar-refractivity contribution in [3.63, 3.8) is 0 Å². The molecule has 142 valence electrons. The van der Waals surface area contributed by atoms with E-state index < -0.39 is 8.32 Å². The van der Waals surface area contributed by atoms with Gasteiger partial charge >= 0.3 is 0 Å². The van der Waals surface area contributed by atoms with Gasteiger partial charge in [-0.1, -0.05) is 27.7 Å². The average Bonchev–Trinajstić information content (AvgIpc) is 2.96. The standard InChI is InChI=1S/C17H31N3O3SSi/c1-7-12(10-23-25(5,6)17(2,3)4)18-15(22)14-11-24-16(19-14)20-8-13(21)9-20/h11-13,21H,7-10H2,1-6H3,(H,18,22). The Balaban J connectivity index is 1.89. The summed E-state index contributed by atoms with van der Waals surface area (Å²) in [6.07, 6.45) is 0.536. The molecule has 0 bridgehead atoms. The molecule has 1 aliphatic heterocycles. The Labute approximate surface area is 155 Å². The topological polar surface area (TPSA) is 74.7 Å². The van der Waals surface area contributed by atoms with E-state index in [2.05, 4.69) is 44.2 Å². The third-order valence-electron chi connectivity index (χ3n) is 5.14. The predicted octanol–water partition coefficient (Wildman–Crippen LogP) is 2.85. The molecule has 0 saturated carbocycles. The SMILES string of the molecule is CCC(CO[Si](C)(C)C(C)(C)C)NC(=O)c1csc(N2CC(O)C2)n1. The Morgan fingerprint density at radius 2 is 2.16 bits per heavy atom. The molecule has 1 aromatic rings. The summed E-state index contributed by atoms with van der Waals surface area (Å²) in [5, 5.41) is 15.1. The van der Waals surface area contributed by atoms with Gasteiger partial charge in [-0.25, -0.2) is 4.98 Å². The number of amides is 1. The minimum absolute atomic E-state index is 0.0161. The van der Waals surface area contributed by atoms with Crippen molar-refractivity contribution in [2.45, 2.75) is 64.4 Å². The maximum Gasteiger partial charge on any atom is 0.271 e. The summed E-state index contributed by atoms with van der Waals surface area (Å²) in [6.45, 7) is 14.8. The minimum atomic E-state index is -1.82. The molecule has 1 aromatic heterocycles. The molecule has 2 rings (SSSR count). The fourth-order valence-electron chi connectivity index (χ4n) is 2.17. The van der Waals surface area contributed by atoms with Gasteiger partial charge in [0.2, 0.25) is 0 Å². The Hall–Kier alpha value is -0.963.